The zero-order valence-corrected chi connectivity index (χ0v) is 9.69. The minimum atomic E-state index is 0.443. The van der Waals surface area contributed by atoms with E-state index in [0.29, 0.717) is 5.25 Å². The van der Waals surface area contributed by atoms with Gasteiger partial charge in [-0.1, -0.05) is 18.2 Å². The molecule has 0 amide bonds. The van der Waals surface area contributed by atoms with Gasteiger partial charge in [0.1, 0.15) is 5.76 Å². The Labute approximate surface area is 89.9 Å². The largest absolute Gasteiger partial charge is 0.361 e. The second kappa shape index (κ2) is 3.88. The van der Waals surface area contributed by atoms with Crippen LogP contribution in [0.2, 0.25) is 0 Å². The zero-order valence-electron chi connectivity index (χ0n) is 7.29. The molecule has 1 aromatic rings. The molecule has 0 saturated heterocycles. The highest BCUT2D eigenvalue weighted by Gasteiger charge is 2.21. The molecule has 0 saturated carbocycles. The Bertz CT molecular complexity index is 334. The SMILES string of the molecule is CCc1cc(C2CC=C(Br)S2)no1. The Hall–Kier alpha value is -0.220. The topological polar surface area (TPSA) is 26.0 Å². The van der Waals surface area contributed by atoms with Gasteiger partial charge in [-0.05, 0) is 22.4 Å². The van der Waals surface area contributed by atoms with E-state index >= 15 is 0 Å². The number of hydrogen-bond donors (Lipinski definition) is 0. The van der Waals surface area contributed by atoms with Crippen LogP contribution in [0, 0.1) is 0 Å². The Morgan fingerprint density at radius 2 is 2.62 bits per heavy atom. The Kier molecular flexibility index (Phi) is 2.79. The van der Waals surface area contributed by atoms with Crippen LogP contribution in [0.4, 0.5) is 0 Å². The molecular weight excluding hydrogens is 250 g/mol. The van der Waals surface area contributed by atoms with E-state index in [1.165, 1.54) is 3.81 Å². The summed E-state index contributed by atoms with van der Waals surface area (Å²) in [4.78, 5) is 0. The van der Waals surface area contributed by atoms with Gasteiger partial charge in [-0.15, -0.1) is 11.8 Å². The van der Waals surface area contributed by atoms with Crippen molar-refractivity contribution in [1.29, 1.82) is 0 Å². The van der Waals surface area contributed by atoms with Crippen molar-refractivity contribution in [3.05, 3.63) is 27.4 Å². The average Bonchev–Trinajstić information content (AvgIpc) is 2.71. The van der Waals surface area contributed by atoms with Crippen molar-refractivity contribution >= 4 is 27.7 Å². The van der Waals surface area contributed by atoms with Gasteiger partial charge in [-0.3, -0.25) is 0 Å². The van der Waals surface area contributed by atoms with E-state index in [0.717, 1.165) is 24.3 Å². The molecule has 0 N–H and O–H groups in total. The average molecular weight is 260 g/mol. The van der Waals surface area contributed by atoms with E-state index < -0.39 is 0 Å². The zero-order chi connectivity index (χ0) is 9.26. The highest BCUT2D eigenvalue weighted by atomic mass is 79.9. The quantitative estimate of drug-likeness (QED) is 0.811. The van der Waals surface area contributed by atoms with Crippen LogP contribution >= 0.6 is 27.7 Å². The van der Waals surface area contributed by atoms with Crippen molar-refractivity contribution in [3.63, 3.8) is 0 Å². The molecule has 13 heavy (non-hydrogen) atoms. The third kappa shape index (κ3) is 1.99. The second-order valence-corrected chi connectivity index (χ2v) is 5.55. The Morgan fingerprint density at radius 3 is 3.15 bits per heavy atom. The first-order chi connectivity index (χ1) is 6.29. The third-order valence-corrected chi connectivity index (χ3v) is 4.00. The summed E-state index contributed by atoms with van der Waals surface area (Å²) in [7, 11) is 0. The highest BCUT2D eigenvalue weighted by Crippen LogP contribution is 2.45. The lowest BCUT2D eigenvalue weighted by Gasteiger charge is -2.01. The van der Waals surface area contributed by atoms with Crippen LogP contribution in [-0.2, 0) is 6.42 Å². The van der Waals surface area contributed by atoms with Gasteiger partial charge in [0.25, 0.3) is 0 Å². The number of halogens is 1. The molecule has 2 rings (SSSR count). The molecule has 0 aromatic carbocycles. The van der Waals surface area contributed by atoms with Gasteiger partial charge >= 0.3 is 0 Å². The molecule has 0 aliphatic carbocycles. The fraction of sp³-hybridized carbons (Fsp3) is 0.444. The minimum absolute atomic E-state index is 0.443. The lowest BCUT2D eigenvalue weighted by molar-refractivity contribution is 0.380. The molecule has 1 aliphatic rings. The van der Waals surface area contributed by atoms with Gasteiger partial charge < -0.3 is 4.52 Å². The van der Waals surface area contributed by atoms with E-state index in [1.807, 2.05) is 0 Å². The molecule has 1 aliphatic heterocycles. The standard InChI is InChI=1S/C9H10BrNOS/c1-2-6-5-7(11-12-6)8-3-4-9(10)13-8/h4-5,8H,2-3H2,1H3. The molecule has 0 radical (unpaired) electrons. The summed E-state index contributed by atoms with van der Waals surface area (Å²) in [5.74, 6) is 0.971. The summed E-state index contributed by atoms with van der Waals surface area (Å²) < 4.78 is 6.37. The van der Waals surface area contributed by atoms with Crippen LogP contribution in [-0.4, -0.2) is 5.16 Å². The second-order valence-electron chi connectivity index (χ2n) is 2.92. The first-order valence-electron chi connectivity index (χ1n) is 4.27. The maximum Gasteiger partial charge on any atom is 0.136 e. The first-order valence-corrected chi connectivity index (χ1v) is 5.94. The summed E-state index contributed by atoms with van der Waals surface area (Å²) >= 11 is 5.26. The van der Waals surface area contributed by atoms with Gasteiger partial charge in [-0.25, -0.2) is 0 Å². The van der Waals surface area contributed by atoms with Crippen molar-refractivity contribution in [1.82, 2.24) is 5.16 Å². The number of nitrogens with zero attached hydrogens (tertiary/aromatic N) is 1. The minimum Gasteiger partial charge on any atom is -0.361 e. The van der Waals surface area contributed by atoms with Crippen molar-refractivity contribution in [3.8, 4) is 0 Å². The van der Waals surface area contributed by atoms with Crippen LogP contribution in [0.5, 0.6) is 0 Å². The smallest absolute Gasteiger partial charge is 0.136 e. The predicted octanol–water partition coefficient (Wildman–Crippen LogP) is 3.65. The fourth-order valence-electron chi connectivity index (χ4n) is 1.26. The summed E-state index contributed by atoms with van der Waals surface area (Å²) in [6.07, 6.45) is 4.13. The summed E-state index contributed by atoms with van der Waals surface area (Å²) in [5, 5.41) is 4.50. The van der Waals surface area contributed by atoms with E-state index in [2.05, 4.69) is 40.2 Å². The van der Waals surface area contributed by atoms with E-state index in [4.69, 9.17) is 4.52 Å². The van der Waals surface area contributed by atoms with Gasteiger partial charge in [0.05, 0.1) is 10.9 Å². The van der Waals surface area contributed by atoms with Crippen LogP contribution < -0.4 is 0 Å². The van der Waals surface area contributed by atoms with E-state index in [9.17, 15) is 0 Å². The van der Waals surface area contributed by atoms with Crippen molar-refractivity contribution in [2.45, 2.75) is 25.0 Å². The molecule has 1 atom stereocenters. The van der Waals surface area contributed by atoms with Crippen LogP contribution in [0.3, 0.4) is 0 Å². The lowest BCUT2D eigenvalue weighted by Crippen LogP contribution is -1.87. The molecule has 70 valence electrons. The highest BCUT2D eigenvalue weighted by molar-refractivity contribution is 9.14. The number of aryl methyl sites for hydroxylation is 1. The maximum absolute atomic E-state index is 5.16. The number of hydrogen-bond acceptors (Lipinski definition) is 3. The van der Waals surface area contributed by atoms with Crippen molar-refractivity contribution in [2.75, 3.05) is 0 Å². The van der Waals surface area contributed by atoms with Crippen LogP contribution in [0.1, 0.15) is 30.0 Å². The number of allylic oxidation sites excluding steroid dienone is 1. The van der Waals surface area contributed by atoms with Crippen LogP contribution in [0.25, 0.3) is 0 Å². The lowest BCUT2D eigenvalue weighted by atomic mass is 10.2. The molecule has 2 heterocycles. The fourth-order valence-corrected chi connectivity index (χ4v) is 3.01. The number of rotatable bonds is 2. The molecule has 0 fully saturated rings. The molecule has 4 heteroatoms. The molecule has 0 spiro atoms. The molecular formula is C9H10BrNOS. The van der Waals surface area contributed by atoms with Crippen LogP contribution in [0.15, 0.2) is 20.5 Å². The number of aromatic nitrogens is 1. The predicted molar refractivity (Wildman–Crippen MR) is 57.8 cm³/mol. The monoisotopic (exact) mass is 259 g/mol. The van der Waals surface area contributed by atoms with E-state index in [1.54, 1.807) is 11.8 Å². The summed E-state index contributed by atoms with van der Waals surface area (Å²) in [6.45, 7) is 2.07. The molecule has 1 unspecified atom stereocenters. The van der Waals surface area contributed by atoms with Gasteiger partial charge in [0, 0.05) is 16.3 Å². The molecule has 1 aromatic heterocycles. The van der Waals surface area contributed by atoms with E-state index in [-0.39, 0.29) is 0 Å². The third-order valence-electron chi connectivity index (χ3n) is 2.00. The normalized spacial score (nSPS) is 22.0. The van der Waals surface area contributed by atoms with Crippen molar-refractivity contribution in [2.24, 2.45) is 0 Å². The maximum atomic E-state index is 5.16. The first kappa shape index (κ1) is 9.34. The summed E-state index contributed by atoms with van der Waals surface area (Å²) in [6, 6.07) is 2.05. The van der Waals surface area contributed by atoms with Crippen molar-refractivity contribution < 1.29 is 4.52 Å². The Morgan fingerprint density at radius 1 is 1.77 bits per heavy atom. The molecule has 2 nitrogen and oxygen atoms in total. The Balaban J connectivity index is 2.09. The van der Waals surface area contributed by atoms with Gasteiger partial charge in [0.15, 0.2) is 0 Å². The van der Waals surface area contributed by atoms with Gasteiger partial charge in [0.2, 0.25) is 0 Å². The van der Waals surface area contributed by atoms with Gasteiger partial charge in [-0.2, -0.15) is 0 Å². The summed E-state index contributed by atoms with van der Waals surface area (Å²) in [5.41, 5.74) is 1.06. The molecule has 0 bridgehead atoms. The number of thioether (sulfide) groups is 1.